The lowest BCUT2D eigenvalue weighted by molar-refractivity contribution is 0.102. The second kappa shape index (κ2) is 9.70. The average molecular weight is 486 g/mol. The van der Waals surface area contributed by atoms with Crippen molar-refractivity contribution in [3.8, 4) is 0 Å². The lowest BCUT2D eigenvalue weighted by Crippen LogP contribution is -2.26. The first kappa shape index (κ1) is 21.6. The van der Waals surface area contributed by atoms with Crippen molar-refractivity contribution < 1.29 is 4.79 Å². The van der Waals surface area contributed by atoms with Gasteiger partial charge in [0.15, 0.2) is 10.8 Å². The normalized spacial score (nSPS) is 11.3. The van der Waals surface area contributed by atoms with Crippen molar-refractivity contribution >= 4 is 45.5 Å². The van der Waals surface area contributed by atoms with Gasteiger partial charge in [0.2, 0.25) is 0 Å². The van der Waals surface area contributed by atoms with Gasteiger partial charge in [0.05, 0.1) is 14.5 Å². The van der Waals surface area contributed by atoms with Gasteiger partial charge in [-0.1, -0.05) is 103 Å². The molecule has 2 aromatic heterocycles. The van der Waals surface area contributed by atoms with Gasteiger partial charge in [-0.15, -0.1) is 22.7 Å². The van der Waals surface area contributed by atoms with Crippen LogP contribution in [0, 0.1) is 0 Å². The second-order valence-corrected chi connectivity index (χ2v) is 10.4. The summed E-state index contributed by atoms with van der Waals surface area (Å²) in [5, 5.41) is 5.26. The molecule has 0 spiro atoms. The highest BCUT2D eigenvalue weighted by Gasteiger charge is 2.39. The molecule has 0 saturated heterocycles. The zero-order valence-corrected chi connectivity index (χ0v) is 19.9. The fourth-order valence-corrected chi connectivity index (χ4v) is 6.75. The zero-order valence-electron chi connectivity index (χ0n) is 17.4. The predicted octanol–water partition coefficient (Wildman–Crippen LogP) is 6.94. The Labute approximate surface area is 204 Å². The fourth-order valence-electron chi connectivity index (χ4n) is 3.74. The van der Waals surface area contributed by atoms with Crippen LogP contribution < -0.4 is 5.32 Å². The molecule has 0 atom stereocenters. The van der Waals surface area contributed by atoms with Crippen LogP contribution in [-0.4, -0.2) is 15.9 Å². The van der Waals surface area contributed by atoms with Crippen LogP contribution in [0.15, 0.2) is 112 Å². The average Bonchev–Trinajstić information content (AvgIpc) is 3.56. The maximum absolute atomic E-state index is 13.1. The molecule has 4 nitrogen and oxygen atoms in total. The van der Waals surface area contributed by atoms with Crippen LogP contribution in [0.1, 0.15) is 27.2 Å². The molecule has 0 aliphatic rings. The van der Waals surface area contributed by atoms with E-state index in [0.717, 1.165) is 20.9 Å². The van der Waals surface area contributed by atoms with E-state index in [-0.39, 0.29) is 5.91 Å². The van der Waals surface area contributed by atoms with Crippen molar-refractivity contribution in [1.29, 1.82) is 0 Å². The number of nitrogens with one attached hydrogen (secondary N) is 1. The van der Waals surface area contributed by atoms with E-state index >= 15 is 0 Å². The minimum absolute atomic E-state index is 0.253. The number of thiazole rings is 2. The van der Waals surface area contributed by atoms with Gasteiger partial charge in [-0.25, -0.2) is 9.97 Å². The van der Waals surface area contributed by atoms with Crippen LogP contribution in [0.5, 0.6) is 0 Å². The van der Waals surface area contributed by atoms with E-state index in [4.69, 9.17) is 0 Å². The van der Waals surface area contributed by atoms with Crippen molar-refractivity contribution in [3.63, 3.8) is 0 Å². The SMILES string of the molecule is O=C(Nc1nccs1)c1ncsc1SC(c1ccccc1)(c1ccccc1)c1ccccc1. The molecule has 0 aliphatic carbocycles. The largest absolute Gasteiger partial charge is 0.296 e. The molecule has 5 rings (SSSR count). The summed E-state index contributed by atoms with van der Waals surface area (Å²) < 4.78 is 0.285. The molecule has 2 heterocycles. The number of nitrogens with zero attached hydrogens (tertiary/aromatic N) is 2. The Kier molecular flexibility index (Phi) is 6.35. The van der Waals surface area contributed by atoms with Crippen molar-refractivity contribution in [1.82, 2.24) is 9.97 Å². The van der Waals surface area contributed by atoms with Crippen molar-refractivity contribution in [2.75, 3.05) is 5.32 Å². The fraction of sp³-hybridized carbons (Fsp3) is 0.0385. The Balaban J connectivity index is 1.66. The standard InChI is InChI=1S/C26H19N3OS3/c30-23(29-25-27-16-17-31-25)22-24(32-18-28-22)33-26(19-10-4-1-5-11-19,20-12-6-2-7-13-20)21-14-8-3-9-15-21/h1-18H,(H,27,29,30). The Morgan fingerprint density at radius 1 is 0.758 bits per heavy atom. The Morgan fingerprint density at radius 3 is 1.79 bits per heavy atom. The molecule has 0 radical (unpaired) electrons. The topological polar surface area (TPSA) is 54.9 Å². The summed E-state index contributed by atoms with van der Waals surface area (Å²) >= 11 is 4.51. The molecular weight excluding hydrogens is 467 g/mol. The third-order valence-corrected chi connectivity index (χ3v) is 8.43. The number of benzene rings is 3. The van der Waals surface area contributed by atoms with Gasteiger partial charge in [-0.2, -0.15) is 0 Å². The number of anilines is 1. The molecule has 0 saturated carbocycles. The minimum atomic E-state index is -0.563. The van der Waals surface area contributed by atoms with Crippen LogP contribution in [-0.2, 0) is 4.75 Å². The van der Waals surface area contributed by atoms with Crippen molar-refractivity contribution in [3.05, 3.63) is 130 Å². The van der Waals surface area contributed by atoms with E-state index in [9.17, 15) is 4.79 Å². The number of amides is 1. The summed E-state index contributed by atoms with van der Waals surface area (Å²) in [4.78, 5) is 21.7. The first-order valence-corrected chi connectivity index (χ1v) is 12.8. The van der Waals surface area contributed by atoms with E-state index in [2.05, 4.69) is 88.1 Å². The Morgan fingerprint density at radius 2 is 1.30 bits per heavy atom. The van der Waals surface area contributed by atoms with Crippen molar-refractivity contribution in [2.45, 2.75) is 8.96 Å². The summed E-state index contributed by atoms with van der Waals surface area (Å²) in [5.74, 6) is -0.253. The second-order valence-electron chi connectivity index (χ2n) is 7.16. The number of rotatable bonds is 7. The summed E-state index contributed by atoms with van der Waals surface area (Å²) in [6.07, 6.45) is 1.67. The first-order valence-electron chi connectivity index (χ1n) is 10.3. The number of hydrogen-bond donors (Lipinski definition) is 1. The third kappa shape index (κ3) is 4.35. The van der Waals surface area contributed by atoms with E-state index in [0.29, 0.717) is 10.8 Å². The molecule has 0 bridgehead atoms. The molecule has 33 heavy (non-hydrogen) atoms. The highest BCUT2D eigenvalue weighted by Crippen LogP contribution is 2.53. The van der Waals surface area contributed by atoms with E-state index < -0.39 is 4.75 Å². The quantitative estimate of drug-likeness (QED) is 0.200. The van der Waals surface area contributed by atoms with Crippen molar-refractivity contribution in [2.24, 2.45) is 0 Å². The van der Waals surface area contributed by atoms with Gasteiger partial charge in [0.1, 0.15) is 0 Å². The van der Waals surface area contributed by atoms with Crippen LogP contribution in [0.2, 0.25) is 0 Å². The molecule has 3 aromatic carbocycles. The lowest BCUT2D eigenvalue weighted by Gasteiger charge is -2.35. The number of thioether (sulfide) groups is 1. The maximum atomic E-state index is 13.1. The van der Waals surface area contributed by atoms with Gasteiger partial charge in [0.25, 0.3) is 5.91 Å². The monoisotopic (exact) mass is 485 g/mol. The number of aromatic nitrogens is 2. The predicted molar refractivity (Wildman–Crippen MR) is 137 cm³/mol. The molecule has 0 unspecified atom stereocenters. The summed E-state index contributed by atoms with van der Waals surface area (Å²) in [7, 11) is 0. The molecule has 5 aromatic rings. The lowest BCUT2D eigenvalue weighted by atomic mass is 9.84. The molecule has 162 valence electrons. The molecule has 0 fully saturated rings. The Hall–Kier alpha value is -3.26. The van der Waals surface area contributed by atoms with Gasteiger partial charge in [-0.05, 0) is 16.7 Å². The molecule has 1 N–H and O–H groups in total. The van der Waals surface area contributed by atoms with Gasteiger partial charge in [-0.3, -0.25) is 10.1 Å². The van der Waals surface area contributed by atoms with E-state index in [1.165, 1.54) is 22.7 Å². The minimum Gasteiger partial charge on any atom is -0.296 e. The number of hydrogen-bond acceptors (Lipinski definition) is 6. The Bertz CT molecular complexity index is 1220. The number of carbonyl (C=O) groups excluding carboxylic acids is 1. The van der Waals surface area contributed by atoms with Crippen LogP contribution in [0.3, 0.4) is 0 Å². The smallest absolute Gasteiger partial charge is 0.278 e. The van der Waals surface area contributed by atoms with Gasteiger partial charge < -0.3 is 0 Å². The van der Waals surface area contributed by atoms with E-state index in [1.807, 2.05) is 23.6 Å². The van der Waals surface area contributed by atoms with Crippen LogP contribution in [0.25, 0.3) is 0 Å². The molecular formula is C26H19N3OS3. The van der Waals surface area contributed by atoms with Crippen LogP contribution in [0.4, 0.5) is 5.13 Å². The van der Waals surface area contributed by atoms with Gasteiger partial charge in [0, 0.05) is 11.6 Å². The highest BCUT2D eigenvalue weighted by molar-refractivity contribution is 8.02. The third-order valence-electron chi connectivity index (χ3n) is 5.19. The van der Waals surface area contributed by atoms with Gasteiger partial charge >= 0.3 is 0 Å². The molecule has 0 aliphatic heterocycles. The highest BCUT2D eigenvalue weighted by atomic mass is 32.2. The maximum Gasteiger partial charge on any atom is 0.278 e. The molecule has 7 heteroatoms. The van der Waals surface area contributed by atoms with Crippen LogP contribution >= 0.6 is 34.4 Å². The van der Waals surface area contributed by atoms with E-state index in [1.54, 1.807) is 23.5 Å². The summed E-state index contributed by atoms with van der Waals surface area (Å²) in [5.41, 5.74) is 5.53. The zero-order chi connectivity index (χ0) is 22.5. The summed E-state index contributed by atoms with van der Waals surface area (Å²) in [6, 6.07) is 31.2. The summed E-state index contributed by atoms with van der Waals surface area (Å²) in [6.45, 7) is 0. The first-order chi connectivity index (χ1) is 16.3. The molecule has 1 amide bonds. The number of carbonyl (C=O) groups is 1.